The van der Waals surface area contributed by atoms with Gasteiger partial charge in [0.1, 0.15) is 0 Å². The summed E-state index contributed by atoms with van der Waals surface area (Å²) in [6.07, 6.45) is 3.30. The highest BCUT2D eigenvalue weighted by atomic mass is 35.5. The first-order valence-corrected chi connectivity index (χ1v) is 14.1. The minimum Gasteiger partial charge on any atom is -0.368 e. The number of fused-ring (bicyclic) bond motifs is 1. The van der Waals surface area contributed by atoms with Crippen LogP contribution in [0.4, 0.5) is 11.4 Å². The highest BCUT2D eigenvalue weighted by molar-refractivity contribution is 8.01. The number of nitrogens with zero attached hydrogens (tertiary/aromatic N) is 3. The molecule has 0 atom stereocenters. The third-order valence-corrected chi connectivity index (χ3v) is 8.40. The summed E-state index contributed by atoms with van der Waals surface area (Å²) in [5.74, 6) is 0.288. The third kappa shape index (κ3) is 6.71. The van der Waals surface area contributed by atoms with Crippen LogP contribution in [-0.2, 0) is 9.59 Å². The monoisotopic (exact) mass is 548 g/mol. The predicted octanol–water partition coefficient (Wildman–Crippen LogP) is 6.04. The number of rotatable bonds is 7. The van der Waals surface area contributed by atoms with Gasteiger partial charge in [-0.15, -0.1) is 11.3 Å². The number of halogens is 1. The Morgan fingerprint density at radius 1 is 1.00 bits per heavy atom. The number of benzene rings is 3. The average Bonchev–Trinajstić information content (AvgIpc) is 3.34. The SMILES string of the molecule is O=C(C=Cc1ccccc1)Nc1ccc2nc(SCC(=O)N3CCN(c4ccc(Cl)cc4)CC3)sc2c1. The number of anilines is 2. The number of amides is 2. The molecule has 0 radical (unpaired) electrons. The van der Waals surface area contributed by atoms with Crippen LogP contribution in [0.3, 0.4) is 0 Å². The van der Waals surface area contributed by atoms with E-state index in [-0.39, 0.29) is 11.8 Å². The molecule has 2 heterocycles. The van der Waals surface area contributed by atoms with Gasteiger partial charge in [-0.25, -0.2) is 4.98 Å². The zero-order chi connectivity index (χ0) is 25.6. The van der Waals surface area contributed by atoms with Crippen molar-refractivity contribution in [3.8, 4) is 0 Å². The van der Waals surface area contributed by atoms with Crippen molar-refractivity contribution in [3.05, 3.63) is 89.5 Å². The van der Waals surface area contributed by atoms with E-state index >= 15 is 0 Å². The number of carbonyl (C=O) groups excluding carboxylic acids is 2. The molecule has 188 valence electrons. The largest absolute Gasteiger partial charge is 0.368 e. The molecule has 0 spiro atoms. The number of hydrogen-bond donors (Lipinski definition) is 1. The van der Waals surface area contributed by atoms with Crippen molar-refractivity contribution >= 4 is 74.2 Å². The molecule has 1 fully saturated rings. The molecule has 1 aromatic heterocycles. The fourth-order valence-electron chi connectivity index (χ4n) is 4.04. The molecule has 6 nitrogen and oxygen atoms in total. The van der Waals surface area contributed by atoms with Gasteiger partial charge in [0.15, 0.2) is 4.34 Å². The average molecular weight is 549 g/mol. The summed E-state index contributed by atoms with van der Waals surface area (Å²) in [6, 6.07) is 23.2. The number of piperazine rings is 1. The predicted molar refractivity (Wildman–Crippen MR) is 155 cm³/mol. The van der Waals surface area contributed by atoms with E-state index in [9.17, 15) is 9.59 Å². The van der Waals surface area contributed by atoms with Gasteiger partial charge in [0.05, 0.1) is 16.0 Å². The molecular formula is C28H25ClN4O2S2. The Labute approximate surface area is 228 Å². The lowest BCUT2D eigenvalue weighted by Crippen LogP contribution is -2.49. The van der Waals surface area contributed by atoms with Crippen LogP contribution in [0.25, 0.3) is 16.3 Å². The van der Waals surface area contributed by atoms with Gasteiger partial charge in [-0.05, 0) is 54.1 Å². The Bertz CT molecular complexity index is 1420. The van der Waals surface area contributed by atoms with Crippen LogP contribution in [-0.4, -0.2) is 53.6 Å². The summed E-state index contributed by atoms with van der Waals surface area (Å²) in [6.45, 7) is 3.00. The van der Waals surface area contributed by atoms with Crippen molar-refractivity contribution in [2.24, 2.45) is 0 Å². The molecule has 1 saturated heterocycles. The lowest BCUT2D eigenvalue weighted by atomic mass is 10.2. The standard InChI is InChI=1S/C28H25ClN4O2S2/c29-21-7-10-23(11-8-21)32-14-16-33(17-15-32)27(35)19-36-28-31-24-12-9-22(18-25(24)37-28)30-26(34)13-6-20-4-2-1-3-5-20/h1-13,18H,14-17,19H2,(H,30,34). The lowest BCUT2D eigenvalue weighted by molar-refractivity contribution is -0.128. The van der Waals surface area contributed by atoms with Crippen LogP contribution in [0, 0.1) is 0 Å². The molecule has 0 aliphatic carbocycles. The van der Waals surface area contributed by atoms with E-state index in [1.807, 2.05) is 77.7 Å². The third-order valence-electron chi connectivity index (χ3n) is 6.01. The Morgan fingerprint density at radius 3 is 2.51 bits per heavy atom. The molecule has 1 aliphatic heterocycles. The molecule has 4 aromatic rings. The fourth-order valence-corrected chi connectivity index (χ4v) is 6.18. The van der Waals surface area contributed by atoms with Crippen LogP contribution in [0.1, 0.15) is 5.56 Å². The van der Waals surface area contributed by atoms with Gasteiger partial charge in [-0.2, -0.15) is 0 Å². The molecule has 5 rings (SSSR count). The van der Waals surface area contributed by atoms with Gasteiger partial charge < -0.3 is 15.1 Å². The van der Waals surface area contributed by atoms with Crippen LogP contribution < -0.4 is 10.2 Å². The number of aromatic nitrogens is 1. The molecule has 0 bridgehead atoms. The number of carbonyl (C=O) groups is 2. The van der Waals surface area contributed by atoms with Gasteiger partial charge in [-0.1, -0.05) is 53.7 Å². The topological polar surface area (TPSA) is 65.5 Å². The van der Waals surface area contributed by atoms with E-state index in [0.29, 0.717) is 24.5 Å². The number of nitrogens with one attached hydrogen (secondary N) is 1. The van der Waals surface area contributed by atoms with E-state index in [2.05, 4.69) is 15.2 Å². The van der Waals surface area contributed by atoms with Crippen LogP contribution >= 0.6 is 34.7 Å². The molecule has 2 amide bonds. The second-order valence-corrected chi connectivity index (χ2v) is 11.2. The van der Waals surface area contributed by atoms with Gasteiger partial charge in [0.2, 0.25) is 11.8 Å². The molecule has 1 aliphatic rings. The number of hydrogen-bond acceptors (Lipinski definition) is 6. The van der Waals surface area contributed by atoms with E-state index in [1.165, 1.54) is 29.2 Å². The minimum atomic E-state index is -0.191. The fraction of sp³-hybridized carbons (Fsp3) is 0.179. The molecule has 0 saturated carbocycles. The smallest absolute Gasteiger partial charge is 0.248 e. The minimum absolute atomic E-state index is 0.123. The second kappa shape index (κ2) is 11.8. The molecule has 37 heavy (non-hydrogen) atoms. The number of thioether (sulfide) groups is 1. The maximum atomic E-state index is 12.8. The summed E-state index contributed by atoms with van der Waals surface area (Å²) < 4.78 is 1.81. The van der Waals surface area contributed by atoms with Crippen molar-refractivity contribution in [2.75, 3.05) is 42.1 Å². The van der Waals surface area contributed by atoms with Crippen molar-refractivity contribution in [2.45, 2.75) is 4.34 Å². The summed E-state index contributed by atoms with van der Waals surface area (Å²) in [5.41, 5.74) is 3.66. The first kappa shape index (κ1) is 25.3. The Morgan fingerprint density at radius 2 is 1.76 bits per heavy atom. The molecule has 9 heteroatoms. The summed E-state index contributed by atoms with van der Waals surface area (Å²) >= 11 is 8.98. The van der Waals surface area contributed by atoms with E-state index in [4.69, 9.17) is 11.6 Å². The van der Waals surface area contributed by atoms with Crippen LogP contribution in [0.2, 0.25) is 5.02 Å². The molecule has 3 aromatic carbocycles. The van der Waals surface area contributed by atoms with Crippen LogP contribution in [0.5, 0.6) is 0 Å². The zero-order valence-corrected chi connectivity index (χ0v) is 22.4. The normalized spacial score (nSPS) is 13.9. The van der Waals surface area contributed by atoms with Crippen molar-refractivity contribution < 1.29 is 9.59 Å². The highest BCUT2D eigenvalue weighted by Gasteiger charge is 2.21. The highest BCUT2D eigenvalue weighted by Crippen LogP contribution is 2.31. The quantitative estimate of drug-likeness (QED) is 0.225. The van der Waals surface area contributed by atoms with E-state index in [0.717, 1.165) is 43.9 Å². The van der Waals surface area contributed by atoms with Crippen LogP contribution in [0.15, 0.2) is 83.2 Å². The van der Waals surface area contributed by atoms with Gasteiger partial charge in [0.25, 0.3) is 0 Å². The first-order chi connectivity index (χ1) is 18.0. The van der Waals surface area contributed by atoms with E-state index < -0.39 is 0 Å². The maximum absolute atomic E-state index is 12.8. The van der Waals surface area contributed by atoms with Crippen molar-refractivity contribution in [1.82, 2.24) is 9.88 Å². The Kier molecular flexibility index (Phi) is 8.08. The zero-order valence-electron chi connectivity index (χ0n) is 20.0. The number of thiazole rings is 1. The van der Waals surface area contributed by atoms with Gasteiger partial charge >= 0.3 is 0 Å². The second-order valence-electron chi connectivity index (χ2n) is 8.53. The molecule has 0 unspecified atom stereocenters. The lowest BCUT2D eigenvalue weighted by Gasteiger charge is -2.36. The Balaban J connectivity index is 1.12. The van der Waals surface area contributed by atoms with Crippen molar-refractivity contribution in [3.63, 3.8) is 0 Å². The molecule has 1 N–H and O–H groups in total. The summed E-state index contributed by atoms with van der Waals surface area (Å²) in [5, 5.41) is 3.62. The van der Waals surface area contributed by atoms with Crippen molar-refractivity contribution in [1.29, 1.82) is 0 Å². The van der Waals surface area contributed by atoms with Gasteiger partial charge in [-0.3, -0.25) is 9.59 Å². The summed E-state index contributed by atoms with van der Waals surface area (Å²) in [7, 11) is 0. The van der Waals surface area contributed by atoms with Gasteiger partial charge in [0, 0.05) is 48.7 Å². The van der Waals surface area contributed by atoms with E-state index in [1.54, 1.807) is 6.08 Å². The maximum Gasteiger partial charge on any atom is 0.248 e. The Hall–Kier alpha value is -3.33. The first-order valence-electron chi connectivity index (χ1n) is 11.9. The summed E-state index contributed by atoms with van der Waals surface area (Å²) in [4.78, 5) is 34.0. The molecular weight excluding hydrogens is 524 g/mol.